The van der Waals surface area contributed by atoms with E-state index in [9.17, 15) is 8.78 Å². The van der Waals surface area contributed by atoms with Crippen molar-refractivity contribution in [1.82, 2.24) is 4.90 Å². The van der Waals surface area contributed by atoms with E-state index in [2.05, 4.69) is 0 Å². The smallest absolute Gasteiger partial charge is 0.268 e. The van der Waals surface area contributed by atoms with Gasteiger partial charge in [0.05, 0.1) is 19.9 Å². The van der Waals surface area contributed by atoms with Crippen LogP contribution in [0.2, 0.25) is 0 Å². The Balaban J connectivity index is 2.04. The molecule has 0 spiro atoms. The lowest BCUT2D eigenvalue weighted by Crippen LogP contribution is -2.38. The van der Waals surface area contributed by atoms with Crippen molar-refractivity contribution in [2.24, 2.45) is 0 Å². The van der Waals surface area contributed by atoms with Gasteiger partial charge >= 0.3 is 0 Å². The van der Waals surface area contributed by atoms with Gasteiger partial charge in [0.2, 0.25) is 0 Å². The molecule has 0 atom stereocenters. The van der Waals surface area contributed by atoms with Crippen molar-refractivity contribution >= 4 is 0 Å². The van der Waals surface area contributed by atoms with Crippen molar-refractivity contribution in [1.29, 1.82) is 0 Å². The molecule has 0 unspecified atom stereocenters. The molecule has 1 saturated heterocycles. The maximum absolute atomic E-state index is 12.3. The van der Waals surface area contributed by atoms with Crippen LogP contribution < -0.4 is 0 Å². The van der Waals surface area contributed by atoms with Gasteiger partial charge in [-0.25, -0.2) is 8.78 Å². The van der Waals surface area contributed by atoms with E-state index < -0.39 is 12.5 Å². The van der Waals surface area contributed by atoms with Crippen molar-refractivity contribution in [3.05, 3.63) is 0 Å². The SMILES string of the molecule is CC(F)(F)COCN1CCOCC1. The van der Waals surface area contributed by atoms with E-state index in [1.54, 1.807) is 0 Å². The number of alkyl halides is 2. The van der Waals surface area contributed by atoms with Gasteiger partial charge < -0.3 is 9.47 Å². The quantitative estimate of drug-likeness (QED) is 0.666. The molecule has 0 aromatic heterocycles. The summed E-state index contributed by atoms with van der Waals surface area (Å²) in [5.41, 5.74) is 0. The van der Waals surface area contributed by atoms with Gasteiger partial charge in [-0.2, -0.15) is 0 Å². The van der Waals surface area contributed by atoms with Crippen molar-refractivity contribution in [3.63, 3.8) is 0 Å². The topological polar surface area (TPSA) is 21.7 Å². The Labute approximate surface area is 76.6 Å². The van der Waals surface area contributed by atoms with Gasteiger partial charge in [-0.1, -0.05) is 0 Å². The number of halogens is 2. The molecule has 1 heterocycles. The van der Waals surface area contributed by atoms with Gasteiger partial charge in [0.1, 0.15) is 6.61 Å². The summed E-state index contributed by atoms with van der Waals surface area (Å²) in [6, 6.07) is 0. The lowest BCUT2D eigenvalue weighted by atomic mass is 10.4. The summed E-state index contributed by atoms with van der Waals surface area (Å²) in [5.74, 6) is -2.73. The molecule has 0 aromatic carbocycles. The first-order valence-corrected chi connectivity index (χ1v) is 4.33. The monoisotopic (exact) mass is 195 g/mol. The molecule has 13 heavy (non-hydrogen) atoms. The fraction of sp³-hybridized carbons (Fsp3) is 1.00. The van der Waals surface area contributed by atoms with E-state index in [0.717, 1.165) is 20.0 Å². The molecular weight excluding hydrogens is 180 g/mol. The van der Waals surface area contributed by atoms with Crippen molar-refractivity contribution < 1.29 is 18.3 Å². The minimum atomic E-state index is -2.73. The van der Waals surface area contributed by atoms with Gasteiger partial charge in [0.25, 0.3) is 5.92 Å². The van der Waals surface area contributed by atoms with Crippen molar-refractivity contribution in [2.45, 2.75) is 12.8 Å². The summed E-state index contributed by atoms with van der Waals surface area (Å²) in [7, 11) is 0. The molecule has 1 aliphatic heterocycles. The molecule has 5 heteroatoms. The maximum Gasteiger partial charge on any atom is 0.268 e. The third-order valence-corrected chi connectivity index (χ3v) is 1.73. The molecule has 1 fully saturated rings. The summed E-state index contributed by atoms with van der Waals surface area (Å²) < 4.78 is 34.6. The molecule has 0 N–H and O–H groups in total. The second-order valence-electron chi connectivity index (χ2n) is 3.28. The lowest BCUT2D eigenvalue weighted by Gasteiger charge is -2.26. The van der Waals surface area contributed by atoms with Crippen LogP contribution in [0.5, 0.6) is 0 Å². The summed E-state index contributed by atoms with van der Waals surface area (Å²) >= 11 is 0. The zero-order chi connectivity index (χ0) is 9.73. The first-order valence-electron chi connectivity index (χ1n) is 4.33. The van der Waals surface area contributed by atoms with Crippen LogP contribution in [0, 0.1) is 0 Å². The number of hydrogen-bond acceptors (Lipinski definition) is 3. The van der Waals surface area contributed by atoms with Crippen LogP contribution in [0.4, 0.5) is 8.78 Å². The molecule has 78 valence electrons. The first-order chi connectivity index (χ1) is 6.08. The maximum atomic E-state index is 12.3. The van der Waals surface area contributed by atoms with Crippen LogP contribution in [0.25, 0.3) is 0 Å². The summed E-state index contributed by atoms with van der Waals surface area (Å²) in [4.78, 5) is 1.95. The third kappa shape index (κ3) is 5.13. The summed E-state index contributed by atoms with van der Waals surface area (Å²) in [5, 5.41) is 0. The molecule has 0 saturated carbocycles. The highest BCUT2D eigenvalue weighted by atomic mass is 19.3. The average Bonchev–Trinajstić information content (AvgIpc) is 2.04. The number of rotatable bonds is 4. The van der Waals surface area contributed by atoms with Gasteiger partial charge in [0.15, 0.2) is 0 Å². The Hall–Kier alpha value is -0.260. The minimum Gasteiger partial charge on any atom is -0.379 e. The Morgan fingerprint density at radius 1 is 1.38 bits per heavy atom. The predicted molar refractivity (Wildman–Crippen MR) is 43.8 cm³/mol. The number of hydrogen-bond donors (Lipinski definition) is 0. The number of morpholine rings is 1. The lowest BCUT2D eigenvalue weighted by molar-refractivity contribution is -0.0999. The highest BCUT2D eigenvalue weighted by Gasteiger charge is 2.21. The second-order valence-corrected chi connectivity index (χ2v) is 3.28. The molecule has 0 aliphatic carbocycles. The number of nitrogens with zero attached hydrogens (tertiary/aromatic N) is 1. The molecule has 0 aromatic rings. The first kappa shape index (κ1) is 10.8. The van der Waals surface area contributed by atoms with Crippen LogP contribution >= 0.6 is 0 Å². The van der Waals surface area contributed by atoms with Crippen LogP contribution in [0.3, 0.4) is 0 Å². The Kier molecular flexibility index (Phi) is 4.02. The van der Waals surface area contributed by atoms with E-state index >= 15 is 0 Å². The van der Waals surface area contributed by atoms with Crippen LogP contribution in [-0.2, 0) is 9.47 Å². The molecule has 0 radical (unpaired) electrons. The molecule has 0 bridgehead atoms. The van der Waals surface area contributed by atoms with Gasteiger partial charge in [-0.15, -0.1) is 0 Å². The fourth-order valence-corrected chi connectivity index (χ4v) is 1.08. The van der Waals surface area contributed by atoms with E-state index in [-0.39, 0.29) is 6.73 Å². The Bertz CT molecular complexity index is 144. The summed E-state index contributed by atoms with van der Waals surface area (Å²) in [6.45, 7) is 3.45. The average molecular weight is 195 g/mol. The number of ether oxygens (including phenoxy) is 2. The molecule has 0 amide bonds. The highest BCUT2D eigenvalue weighted by Crippen LogP contribution is 2.11. The van der Waals surface area contributed by atoms with E-state index in [4.69, 9.17) is 9.47 Å². The molecule has 1 aliphatic rings. The highest BCUT2D eigenvalue weighted by molar-refractivity contribution is 4.59. The summed E-state index contributed by atoms with van der Waals surface area (Å²) in [6.07, 6.45) is 0. The van der Waals surface area contributed by atoms with Crippen molar-refractivity contribution in [2.75, 3.05) is 39.6 Å². The third-order valence-electron chi connectivity index (χ3n) is 1.73. The molecule has 3 nitrogen and oxygen atoms in total. The van der Waals surface area contributed by atoms with E-state index in [0.29, 0.717) is 13.2 Å². The van der Waals surface area contributed by atoms with Crippen LogP contribution in [0.1, 0.15) is 6.92 Å². The zero-order valence-corrected chi connectivity index (χ0v) is 7.76. The second kappa shape index (κ2) is 4.83. The van der Waals surface area contributed by atoms with E-state index in [1.165, 1.54) is 0 Å². The van der Waals surface area contributed by atoms with Gasteiger partial charge in [-0.3, -0.25) is 4.90 Å². The normalized spacial score (nSPS) is 20.5. The predicted octanol–water partition coefficient (Wildman–Crippen LogP) is 0.948. The van der Waals surface area contributed by atoms with Gasteiger partial charge in [0, 0.05) is 20.0 Å². The minimum absolute atomic E-state index is 0.271. The fourth-order valence-electron chi connectivity index (χ4n) is 1.08. The largest absolute Gasteiger partial charge is 0.379 e. The molecular formula is C8H15F2NO2. The van der Waals surface area contributed by atoms with Crippen LogP contribution in [0.15, 0.2) is 0 Å². The van der Waals surface area contributed by atoms with Crippen LogP contribution in [-0.4, -0.2) is 50.5 Å². The standard InChI is InChI=1S/C8H15F2NO2/c1-8(9,10)6-13-7-11-2-4-12-5-3-11/h2-7H2,1H3. The zero-order valence-electron chi connectivity index (χ0n) is 7.76. The Morgan fingerprint density at radius 3 is 2.54 bits per heavy atom. The van der Waals surface area contributed by atoms with E-state index in [1.807, 2.05) is 4.90 Å². The Morgan fingerprint density at radius 2 is 2.00 bits per heavy atom. The van der Waals surface area contributed by atoms with Crippen molar-refractivity contribution in [3.8, 4) is 0 Å². The molecule has 1 rings (SSSR count). The van der Waals surface area contributed by atoms with Gasteiger partial charge in [-0.05, 0) is 0 Å².